The van der Waals surface area contributed by atoms with Crippen LogP contribution in [0.1, 0.15) is 53.6 Å². The summed E-state index contributed by atoms with van der Waals surface area (Å²) in [5, 5.41) is 0. The molecule has 0 fully saturated rings. The number of hydrogen-bond donors (Lipinski definition) is 0. The summed E-state index contributed by atoms with van der Waals surface area (Å²) in [6.45, 7) is 4.75. The first-order chi connectivity index (χ1) is 33.0. The number of anilines is 3. The van der Waals surface area contributed by atoms with E-state index >= 15 is 0 Å². The maximum atomic E-state index is 2.51. The van der Waals surface area contributed by atoms with Gasteiger partial charge in [0, 0.05) is 27.9 Å². The molecule has 10 aromatic carbocycles. The van der Waals surface area contributed by atoms with Crippen molar-refractivity contribution in [3.63, 3.8) is 0 Å². The van der Waals surface area contributed by atoms with E-state index in [2.05, 4.69) is 255 Å². The SMILES string of the molecule is CC1(C)c2ccccc2-c2cccc(-c3ccc(N(c4ccc(-c5ccc(-c6ccc(-c7ccccc7)cc6)cc5)cc4)c4ccc5c(c4)C4(CCc6ccccc64)c4ccccc4-5)cc3)c21. The maximum Gasteiger partial charge on any atom is 0.0470 e. The first kappa shape index (κ1) is 39.4. The third-order valence-corrected chi connectivity index (χ3v) is 15.3. The summed E-state index contributed by atoms with van der Waals surface area (Å²) >= 11 is 0. The molecule has 10 aromatic rings. The third-order valence-electron chi connectivity index (χ3n) is 15.3. The van der Waals surface area contributed by atoms with Crippen molar-refractivity contribution >= 4 is 17.1 Å². The molecule has 1 nitrogen and oxygen atoms in total. The van der Waals surface area contributed by atoms with Gasteiger partial charge in [0.15, 0.2) is 0 Å². The van der Waals surface area contributed by atoms with Gasteiger partial charge in [-0.1, -0.05) is 214 Å². The van der Waals surface area contributed by atoms with E-state index in [0.717, 1.165) is 29.9 Å². The molecule has 1 spiro atoms. The van der Waals surface area contributed by atoms with Crippen molar-refractivity contribution in [1.82, 2.24) is 0 Å². The Bertz CT molecular complexity index is 3510. The molecule has 0 amide bonds. The van der Waals surface area contributed by atoms with Crippen LogP contribution in [-0.2, 0) is 17.3 Å². The van der Waals surface area contributed by atoms with E-state index in [9.17, 15) is 0 Å². The highest BCUT2D eigenvalue weighted by Crippen LogP contribution is 2.59. The number of hydrogen-bond acceptors (Lipinski definition) is 1. The quantitative estimate of drug-likeness (QED) is 0.154. The van der Waals surface area contributed by atoms with Crippen LogP contribution >= 0.6 is 0 Å². The van der Waals surface area contributed by atoms with Gasteiger partial charge >= 0.3 is 0 Å². The number of nitrogens with zero attached hydrogens (tertiary/aromatic N) is 1. The Balaban J connectivity index is 0.888. The predicted octanol–water partition coefficient (Wildman–Crippen LogP) is 17.4. The van der Waals surface area contributed by atoms with E-state index in [1.165, 1.54) is 100 Å². The molecule has 0 radical (unpaired) electrons. The Morgan fingerprint density at radius 3 is 1.37 bits per heavy atom. The molecule has 0 heterocycles. The summed E-state index contributed by atoms with van der Waals surface area (Å²) in [6, 6.07) is 88.2. The highest BCUT2D eigenvalue weighted by atomic mass is 15.1. The van der Waals surface area contributed by atoms with Crippen LogP contribution in [0.3, 0.4) is 0 Å². The van der Waals surface area contributed by atoms with E-state index in [-0.39, 0.29) is 10.8 Å². The topological polar surface area (TPSA) is 3.24 Å². The highest BCUT2D eigenvalue weighted by Gasteiger charge is 2.48. The lowest BCUT2D eigenvalue weighted by molar-refractivity contribution is 0.626. The number of aryl methyl sites for hydroxylation is 1. The van der Waals surface area contributed by atoms with Gasteiger partial charge in [-0.2, -0.15) is 0 Å². The van der Waals surface area contributed by atoms with E-state index in [1.807, 2.05) is 0 Å². The standard InChI is InChI=1S/C66H49N/c1-65(2)61-21-10-7-17-57(61)59-19-12-18-55(64(59)65)50-33-37-53(38-34-50)67(54-39-40-58-56-16-8-11-22-62(56)66(63(58)43-54)42-41-51-15-6-9-20-60(51)66)52-35-31-49(32-36-52)48-29-27-47(28-30-48)46-25-23-45(24-26-46)44-13-4-3-5-14-44/h3-40,43H,41-42H2,1-2H3. The van der Waals surface area contributed by atoms with E-state index in [0.29, 0.717) is 0 Å². The molecule has 1 heteroatoms. The Labute approximate surface area is 394 Å². The lowest BCUT2D eigenvalue weighted by atomic mass is 9.73. The normalized spacial score (nSPS) is 15.7. The summed E-state index contributed by atoms with van der Waals surface area (Å²) in [4.78, 5) is 2.46. The molecule has 318 valence electrons. The fraction of sp³-hybridized carbons (Fsp3) is 0.0909. The number of fused-ring (bicyclic) bond motifs is 10. The van der Waals surface area contributed by atoms with Gasteiger partial charge < -0.3 is 4.90 Å². The lowest BCUT2D eigenvalue weighted by Crippen LogP contribution is -2.24. The zero-order valence-electron chi connectivity index (χ0n) is 37.9. The predicted molar refractivity (Wildman–Crippen MR) is 281 cm³/mol. The molecule has 0 saturated carbocycles. The van der Waals surface area contributed by atoms with Gasteiger partial charge in [-0.3, -0.25) is 0 Å². The molecule has 3 aliphatic carbocycles. The van der Waals surface area contributed by atoms with Crippen molar-refractivity contribution in [2.24, 2.45) is 0 Å². The van der Waals surface area contributed by atoms with E-state index in [4.69, 9.17) is 0 Å². The van der Waals surface area contributed by atoms with E-state index < -0.39 is 0 Å². The van der Waals surface area contributed by atoms with Crippen LogP contribution in [0.15, 0.2) is 237 Å². The lowest BCUT2D eigenvalue weighted by Gasteiger charge is -2.31. The second kappa shape index (κ2) is 15.3. The van der Waals surface area contributed by atoms with Crippen LogP contribution in [0.2, 0.25) is 0 Å². The highest BCUT2D eigenvalue weighted by molar-refractivity contribution is 5.91. The van der Waals surface area contributed by atoms with Gasteiger partial charge in [-0.25, -0.2) is 0 Å². The molecular weight excluding hydrogens is 807 g/mol. The van der Waals surface area contributed by atoms with Crippen LogP contribution < -0.4 is 4.90 Å². The molecule has 0 bridgehead atoms. The van der Waals surface area contributed by atoms with Gasteiger partial charge in [0.2, 0.25) is 0 Å². The fourth-order valence-electron chi connectivity index (χ4n) is 12.1. The summed E-state index contributed by atoms with van der Waals surface area (Å²) in [5.74, 6) is 0. The molecule has 0 N–H and O–H groups in total. The summed E-state index contributed by atoms with van der Waals surface area (Å²) < 4.78 is 0. The van der Waals surface area contributed by atoms with Gasteiger partial charge in [0.25, 0.3) is 0 Å². The summed E-state index contributed by atoms with van der Waals surface area (Å²) in [5.41, 5.74) is 26.9. The van der Waals surface area contributed by atoms with Gasteiger partial charge in [0.05, 0.1) is 0 Å². The second-order valence-corrected chi connectivity index (χ2v) is 19.2. The van der Waals surface area contributed by atoms with Crippen LogP contribution in [0.4, 0.5) is 17.1 Å². The Kier molecular flexibility index (Phi) is 8.99. The largest absolute Gasteiger partial charge is 0.310 e. The first-order valence-corrected chi connectivity index (χ1v) is 23.8. The van der Waals surface area contributed by atoms with E-state index in [1.54, 1.807) is 0 Å². The van der Waals surface area contributed by atoms with Crippen molar-refractivity contribution < 1.29 is 0 Å². The minimum atomic E-state index is -0.175. The molecule has 3 aliphatic rings. The second-order valence-electron chi connectivity index (χ2n) is 19.2. The average molecular weight is 856 g/mol. The molecule has 0 aromatic heterocycles. The van der Waals surface area contributed by atoms with Crippen molar-refractivity contribution in [2.45, 2.75) is 37.5 Å². The first-order valence-electron chi connectivity index (χ1n) is 23.8. The van der Waals surface area contributed by atoms with Crippen LogP contribution in [0, 0.1) is 0 Å². The van der Waals surface area contributed by atoms with Gasteiger partial charge in [0.1, 0.15) is 0 Å². The average Bonchev–Trinajstić information content (AvgIpc) is 4.00. The van der Waals surface area contributed by atoms with Crippen LogP contribution in [0.5, 0.6) is 0 Å². The minimum absolute atomic E-state index is 0.0970. The van der Waals surface area contributed by atoms with Crippen molar-refractivity contribution in [3.8, 4) is 66.8 Å². The summed E-state index contributed by atoms with van der Waals surface area (Å²) in [6.07, 6.45) is 2.15. The molecule has 1 atom stereocenters. The molecule has 0 saturated heterocycles. The zero-order chi connectivity index (χ0) is 44.7. The molecular formula is C66H49N. The van der Waals surface area contributed by atoms with Crippen molar-refractivity contribution in [3.05, 3.63) is 270 Å². The van der Waals surface area contributed by atoms with Crippen LogP contribution in [-0.4, -0.2) is 0 Å². The molecule has 0 aliphatic heterocycles. The number of benzene rings is 10. The fourth-order valence-corrected chi connectivity index (χ4v) is 12.1. The van der Waals surface area contributed by atoms with Crippen molar-refractivity contribution in [1.29, 1.82) is 0 Å². The Morgan fingerprint density at radius 1 is 0.313 bits per heavy atom. The molecule has 1 unspecified atom stereocenters. The van der Waals surface area contributed by atoms with Crippen molar-refractivity contribution in [2.75, 3.05) is 4.90 Å². The molecule has 67 heavy (non-hydrogen) atoms. The Hall–Kier alpha value is -8.00. The zero-order valence-corrected chi connectivity index (χ0v) is 37.9. The maximum absolute atomic E-state index is 2.51. The monoisotopic (exact) mass is 855 g/mol. The van der Waals surface area contributed by atoms with Crippen LogP contribution in [0.25, 0.3) is 66.8 Å². The third kappa shape index (κ3) is 6.15. The minimum Gasteiger partial charge on any atom is -0.310 e. The smallest absolute Gasteiger partial charge is 0.0470 e. The van der Waals surface area contributed by atoms with Gasteiger partial charge in [-0.05, 0) is 149 Å². The summed E-state index contributed by atoms with van der Waals surface area (Å²) in [7, 11) is 0. The van der Waals surface area contributed by atoms with Gasteiger partial charge in [-0.15, -0.1) is 0 Å². The number of rotatable bonds is 7. The molecule has 13 rings (SSSR count). The Morgan fingerprint density at radius 2 is 0.746 bits per heavy atom.